The predicted octanol–water partition coefficient (Wildman–Crippen LogP) is 3.42. The minimum atomic E-state index is -2.38. The fourth-order valence-electron chi connectivity index (χ4n) is 5.24. The summed E-state index contributed by atoms with van der Waals surface area (Å²) in [4.78, 5) is 27.7. The van der Waals surface area contributed by atoms with Crippen LogP contribution in [-0.4, -0.2) is 64.9 Å². The molecule has 3 N–H and O–H groups in total. The first-order chi connectivity index (χ1) is 15.2. The molecule has 3 saturated heterocycles. The first-order valence-electron chi connectivity index (χ1n) is 11.3. The number of hydrogen-bond acceptors (Lipinski definition) is 6. The Morgan fingerprint density at radius 1 is 1.25 bits per heavy atom. The van der Waals surface area contributed by atoms with Crippen LogP contribution in [0.5, 0.6) is 0 Å². The molecule has 1 aliphatic carbocycles. The molecule has 176 valence electrons. The molecule has 1 spiro atoms. The summed E-state index contributed by atoms with van der Waals surface area (Å²) in [6.45, 7) is 1.86. The number of nitrogens with zero attached hydrogens (tertiary/aromatic N) is 2. The molecule has 1 unspecified atom stereocenters. The van der Waals surface area contributed by atoms with Gasteiger partial charge in [-0.15, -0.1) is 0 Å². The van der Waals surface area contributed by atoms with Crippen LogP contribution in [0.15, 0.2) is 18.2 Å². The molecule has 32 heavy (non-hydrogen) atoms. The Morgan fingerprint density at radius 3 is 2.56 bits per heavy atom. The Balaban J connectivity index is 1.17. The molecule has 1 saturated carbocycles. The van der Waals surface area contributed by atoms with Gasteiger partial charge in [-0.25, -0.2) is 9.18 Å². The molecule has 0 radical (unpaired) electrons. The highest BCUT2D eigenvalue weighted by Gasteiger charge is 2.49. The van der Waals surface area contributed by atoms with Gasteiger partial charge in [0.15, 0.2) is 0 Å². The summed E-state index contributed by atoms with van der Waals surface area (Å²) in [5, 5.41) is 2.85. The number of piperidine rings is 1. The lowest BCUT2D eigenvalue weighted by Gasteiger charge is -2.58. The van der Waals surface area contributed by atoms with Crippen LogP contribution in [0.3, 0.4) is 0 Å². The fraction of sp³-hybridized carbons (Fsp3) is 0.636. The van der Waals surface area contributed by atoms with Gasteiger partial charge in [0.2, 0.25) is 5.91 Å². The van der Waals surface area contributed by atoms with Crippen molar-refractivity contribution in [1.29, 1.82) is 0 Å². The summed E-state index contributed by atoms with van der Waals surface area (Å²) in [6.07, 6.45) is 3.55. The maximum atomic E-state index is 15.0. The highest BCUT2D eigenvalue weighted by atomic mass is 32.3. The zero-order chi connectivity index (χ0) is 22.5. The Hall–Kier alpha value is -2.04. The first kappa shape index (κ1) is 21.8. The monoisotopic (exact) mass is 467 g/mol. The number of rotatable bonds is 5. The van der Waals surface area contributed by atoms with Crippen molar-refractivity contribution in [2.24, 2.45) is 11.3 Å². The largest absolute Gasteiger partial charge is 0.442 e. The Kier molecular flexibility index (Phi) is 5.50. The Labute approximate surface area is 188 Å². The number of halogens is 1. The molecule has 1 aromatic rings. The number of amides is 2. The van der Waals surface area contributed by atoms with Gasteiger partial charge in [0, 0.05) is 35.9 Å². The molecule has 1 atom stereocenters. The van der Waals surface area contributed by atoms with Gasteiger partial charge in [-0.1, -0.05) is 6.42 Å². The smallest absolute Gasteiger partial charge is 0.414 e. The standard InChI is InChI=1S/C22H30FN3O5S/c23-18-10-16(26-12-17(31-21(26)28)11-24-20(27)15-2-1-3-15)4-5-19(18)25-8-6-22(7-9-25)13-32(29,30)14-22/h4-5,10,15,17,29-30H,1-3,6-9,11-14H2,(H,24,27). The third kappa shape index (κ3) is 4.15. The average molecular weight is 468 g/mol. The van der Waals surface area contributed by atoms with E-state index < -0.39 is 28.6 Å². The lowest BCUT2D eigenvalue weighted by molar-refractivity contribution is -0.127. The molecule has 10 heteroatoms. The van der Waals surface area contributed by atoms with Crippen LogP contribution in [0, 0.1) is 17.2 Å². The summed E-state index contributed by atoms with van der Waals surface area (Å²) in [5.41, 5.74) is 0.922. The van der Waals surface area contributed by atoms with Gasteiger partial charge in [-0.2, -0.15) is 10.6 Å². The molecule has 5 rings (SSSR count). The van der Waals surface area contributed by atoms with E-state index in [1.54, 1.807) is 12.1 Å². The first-order valence-corrected chi connectivity index (χ1v) is 13.2. The van der Waals surface area contributed by atoms with E-state index in [4.69, 9.17) is 4.74 Å². The fourth-order valence-corrected chi connectivity index (χ4v) is 7.69. The van der Waals surface area contributed by atoms with Crippen LogP contribution in [0.2, 0.25) is 0 Å². The summed E-state index contributed by atoms with van der Waals surface area (Å²) < 4.78 is 39.8. The second-order valence-corrected chi connectivity index (χ2v) is 11.9. The van der Waals surface area contributed by atoms with Gasteiger partial charge >= 0.3 is 6.09 Å². The van der Waals surface area contributed by atoms with E-state index in [1.807, 2.05) is 4.90 Å². The third-order valence-electron chi connectivity index (χ3n) is 7.34. The quantitative estimate of drug-likeness (QED) is 0.613. The van der Waals surface area contributed by atoms with Gasteiger partial charge in [0.1, 0.15) is 11.9 Å². The number of carbonyl (C=O) groups is 2. The molecule has 2 amide bonds. The van der Waals surface area contributed by atoms with Gasteiger partial charge in [0.25, 0.3) is 0 Å². The number of hydrogen-bond donors (Lipinski definition) is 3. The van der Waals surface area contributed by atoms with Crippen LogP contribution >= 0.6 is 10.6 Å². The van der Waals surface area contributed by atoms with E-state index >= 15 is 0 Å². The normalized spacial score (nSPS) is 27.5. The maximum absolute atomic E-state index is 15.0. The van der Waals surface area contributed by atoms with Gasteiger partial charge in [0.05, 0.1) is 24.5 Å². The molecule has 0 bridgehead atoms. The van der Waals surface area contributed by atoms with Crippen molar-refractivity contribution < 1.29 is 27.8 Å². The predicted molar refractivity (Wildman–Crippen MR) is 121 cm³/mol. The lowest BCUT2D eigenvalue weighted by Crippen LogP contribution is -2.52. The SMILES string of the molecule is O=C(NCC1CN(c2ccc(N3CCC4(CC3)CS(O)(O)C4)c(F)c2)C(=O)O1)C1CCC1. The van der Waals surface area contributed by atoms with Crippen LogP contribution in [-0.2, 0) is 9.53 Å². The van der Waals surface area contributed by atoms with Crippen LogP contribution in [0.4, 0.5) is 20.6 Å². The summed E-state index contributed by atoms with van der Waals surface area (Å²) in [5.74, 6) is 0.626. The van der Waals surface area contributed by atoms with Crippen molar-refractivity contribution in [2.75, 3.05) is 47.5 Å². The highest BCUT2D eigenvalue weighted by molar-refractivity contribution is 8.25. The molecule has 8 nitrogen and oxygen atoms in total. The minimum absolute atomic E-state index is 0.00583. The topological polar surface area (TPSA) is 102 Å². The summed E-state index contributed by atoms with van der Waals surface area (Å²) in [7, 11) is -2.38. The second-order valence-electron chi connectivity index (χ2n) is 9.70. The maximum Gasteiger partial charge on any atom is 0.414 e. The lowest BCUT2D eigenvalue weighted by atomic mass is 9.81. The molecule has 4 aliphatic rings. The van der Waals surface area contributed by atoms with Gasteiger partial charge in [-0.05, 0) is 43.9 Å². The molecular formula is C22H30FN3O5S. The van der Waals surface area contributed by atoms with Crippen LogP contribution < -0.4 is 15.1 Å². The third-order valence-corrected chi connectivity index (χ3v) is 9.49. The molecule has 3 aliphatic heterocycles. The molecule has 0 aromatic heterocycles. The van der Waals surface area contributed by atoms with E-state index in [2.05, 4.69) is 5.32 Å². The van der Waals surface area contributed by atoms with Crippen molar-refractivity contribution in [2.45, 2.75) is 38.2 Å². The number of cyclic esters (lactones) is 1. The van der Waals surface area contributed by atoms with Crippen molar-refractivity contribution in [3.8, 4) is 0 Å². The van der Waals surface area contributed by atoms with Crippen molar-refractivity contribution in [3.63, 3.8) is 0 Å². The van der Waals surface area contributed by atoms with Crippen LogP contribution in [0.25, 0.3) is 0 Å². The number of benzene rings is 1. The Bertz CT molecular complexity index is 907. The van der Waals surface area contributed by atoms with Crippen molar-refractivity contribution in [3.05, 3.63) is 24.0 Å². The number of ether oxygens (including phenoxy) is 1. The average Bonchev–Trinajstić information content (AvgIpc) is 3.05. The zero-order valence-electron chi connectivity index (χ0n) is 18.0. The number of anilines is 2. The van der Waals surface area contributed by atoms with E-state index in [0.29, 0.717) is 36.0 Å². The molecular weight excluding hydrogens is 437 g/mol. The second kappa shape index (κ2) is 8.07. The number of nitrogens with one attached hydrogen (secondary N) is 1. The molecule has 4 fully saturated rings. The highest BCUT2D eigenvalue weighted by Crippen LogP contribution is 2.62. The minimum Gasteiger partial charge on any atom is -0.442 e. The van der Waals surface area contributed by atoms with E-state index in [0.717, 1.165) is 32.1 Å². The summed E-state index contributed by atoms with van der Waals surface area (Å²) in [6, 6.07) is 4.77. The zero-order valence-corrected chi connectivity index (χ0v) is 18.8. The van der Waals surface area contributed by atoms with Crippen molar-refractivity contribution in [1.82, 2.24) is 5.32 Å². The van der Waals surface area contributed by atoms with E-state index in [1.165, 1.54) is 11.0 Å². The molecule has 3 heterocycles. The van der Waals surface area contributed by atoms with E-state index in [-0.39, 0.29) is 30.3 Å². The summed E-state index contributed by atoms with van der Waals surface area (Å²) >= 11 is 0. The molecule has 1 aromatic carbocycles. The number of carbonyl (C=O) groups excluding carboxylic acids is 2. The van der Waals surface area contributed by atoms with Gasteiger partial charge < -0.3 is 15.0 Å². The van der Waals surface area contributed by atoms with Gasteiger partial charge in [-0.3, -0.25) is 18.8 Å². The van der Waals surface area contributed by atoms with Crippen LogP contribution in [0.1, 0.15) is 32.1 Å². The van der Waals surface area contributed by atoms with Crippen molar-refractivity contribution >= 4 is 34.0 Å². The van der Waals surface area contributed by atoms with E-state index in [9.17, 15) is 23.1 Å². The Morgan fingerprint density at radius 2 is 1.97 bits per heavy atom.